The summed E-state index contributed by atoms with van der Waals surface area (Å²) in [5, 5.41) is 15.4. The first-order valence-electron chi connectivity index (χ1n) is 15.5. The molecule has 1 N–H and O–H groups in total. The van der Waals surface area contributed by atoms with E-state index in [-0.39, 0.29) is 12.6 Å². The summed E-state index contributed by atoms with van der Waals surface area (Å²) in [5.74, 6) is 0.529. The Hall–Kier alpha value is -2.36. The van der Waals surface area contributed by atoms with Crippen LogP contribution in [0.1, 0.15) is 109 Å². The Labute approximate surface area is 246 Å². The van der Waals surface area contributed by atoms with Crippen LogP contribution in [-0.4, -0.2) is 66.0 Å². The maximum Gasteiger partial charge on any atom is 0.508 e. The van der Waals surface area contributed by atoms with Gasteiger partial charge in [0.05, 0.1) is 31.5 Å². The van der Waals surface area contributed by atoms with Gasteiger partial charge in [-0.25, -0.2) is 4.79 Å². The third-order valence-electron chi connectivity index (χ3n) is 7.65. The second-order valence-corrected chi connectivity index (χ2v) is 11.7. The quantitative estimate of drug-likeness (QED) is 0.131. The maximum absolute atomic E-state index is 12.1. The van der Waals surface area contributed by atoms with Gasteiger partial charge >= 0.3 is 6.16 Å². The zero-order valence-corrected chi connectivity index (χ0v) is 25.9. The molecule has 3 rings (SSSR count). The average Bonchev–Trinajstić information content (AvgIpc) is 3.57. The van der Waals surface area contributed by atoms with Crippen molar-refractivity contribution < 1.29 is 33.6 Å². The minimum absolute atomic E-state index is 0.000341. The first kappa shape index (κ1) is 33.1. The van der Waals surface area contributed by atoms with Crippen LogP contribution in [0.4, 0.5) is 4.79 Å². The number of rotatable bonds is 16. The lowest BCUT2D eigenvalue weighted by atomic mass is 10.0. The van der Waals surface area contributed by atoms with E-state index in [0.29, 0.717) is 31.9 Å². The molecule has 1 aromatic heterocycles. The molecular weight excluding hydrogens is 524 g/mol. The van der Waals surface area contributed by atoms with Crippen LogP contribution in [0, 0.1) is 6.92 Å². The van der Waals surface area contributed by atoms with E-state index < -0.39 is 24.7 Å². The number of aliphatic hydroxyl groups is 1. The predicted molar refractivity (Wildman–Crippen MR) is 158 cm³/mol. The number of allylic oxidation sites excluding steroid dienone is 4. The molecule has 0 saturated carbocycles. The van der Waals surface area contributed by atoms with Crippen molar-refractivity contribution in [2.45, 2.75) is 130 Å². The molecule has 2 fully saturated rings. The van der Waals surface area contributed by atoms with Crippen LogP contribution >= 0.6 is 0 Å². The van der Waals surface area contributed by atoms with E-state index >= 15 is 0 Å². The zero-order chi connectivity index (χ0) is 29.6. The van der Waals surface area contributed by atoms with Gasteiger partial charge in [0.1, 0.15) is 6.61 Å². The van der Waals surface area contributed by atoms with Crippen molar-refractivity contribution in [1.29, 1.82) is 0 Å². The second-order valence-electron chi connectivity index (χ2n) is 11.7. The number of unbranched alkanes of at least 4 members (excludes halogenated alkanes) is 5. The third kappa shape index (κ3) is 11.4. The van der Waals surface area contributed by atoms with E-state index in [4.69, 9.17) is 28.8 Å². The van der Waals surface area contributed by atoms with Crippen LogP contribution in [-0.2, 0) is 25.4 Å². The van der Waals surface area contributed by atoms with Crippen molar-refractivity contribution >= 4 is 6.16 Å². The fraction of sp³-hybridized carbons (Fsp3) is 0.750. The fourth-order valence-electron chi connectivity index (χ4n) is 5.19. The third-order valence-corrected chi connectivity index (χ3v) is 7.65. The number of carbonyl (C=O) groups excluding carboxylic acids is 1. The summed E-state index contributed by atoms with van der Waals surface area (Å²) in [7, 11) is 0. The number of hydrogen-bond donors (Lipinski definition) is 1. The Morgan fingerprint density at radius 1 is 1.10 bits per heavy atom. The molecule has 9 heteroatoms. The number of aromatic nitrogens is 2. The molecular formula is C32H52N2O7. The standard InChI is InChI=1S/C32H52N2O7/c1-6-7-8-9-10-11-17-38-32(36)39-22-28-19-27(35)20-30(40-28)41-31-29(15-14-24(4)13-12-23(2)3)25(5)34(33-31)26-16-18-37-21-26/h12-13,26-28,30,35H,6-11,14-22H2,1-5H3/b24-13+. The van der Waals surface area contributed by atoms with Crippen LogP contribution in [0.5, 0.6) is 5.88 Å². The largest absolute Gasteiger partial charge is 0.508 e. The molecule has 232 valence electrons. The average molecular weight is 577 g/mol. The predicted octanol–water partition coefficient (Wildman–Crippen LogP) is 6.76. The molecule has 1 aromatic rings. The summed E-state index contributed by atoms with van der Waals surface area (Å²) in [4.78, 5) is 12.1. The summed E-state index contributed by atoms with van der Waals surface area (Å²) in [6.45, 7) is 12.3. The van der Waals surface area contributed by atoms with E-state index in [1.54, 1.807) is 0 Å². The van der Waals surface area contributed by atoms with E-state index in [1.807, 2.05) is 4.68 Å². The van der Waals surface area contributed by atoms with Crippen LogP contribution in [0.15, 0.2) is 23.3 Å². The minimum atomic E-state index is -0.702. The molecule has 2 aliphatic rings. The van der Waals surface area contributed by atoms with Gasteiger partial charge in [0.15, 0.2) is 0 Å². The van der Waals surface area contributed by atoms with Crippen LogP contribution < -0.4 is 4.74 Å². The molecule has 0 aromatic carbocycles. The highest BCUT2D eigenvalue weighted by atomic mass is 16.7. The second kappa shape index (κ2) is 17.6. The molecule has 2 aliphatic heterocycles. The normalized spacial score (nSPS) is 22.9. The summed E-state index contributed by atoms with van der Waals surface area (Å²) in [6.07, 6.45) is 11.7. The number of carbonyl (C=O) groups is 1. The Morgan fingerprint density at radius 2 is 1.88 bits per heavy atom. The zero-order valence-electron chi connectivity index (χ0n) is 25.9. The topological polar surface area (TPSA) is 101 Å². The van der Waals surface area contributed by atoms with Gasteiger partial charge in [-0.15, -0.1) is 5.10 Å². The van der Waals surface area contributed by atoms with Crippen molar-refractivity contribution in [3.8, 4) is 5.88 Å². The van der Waals surface area contributed by atoms with E-state index in [0.717, 1.165) is 56.4 Å². The lowest BCUT2D eigenvalue weighted by Gasteiger charge is -2.32. The molecule has 2 saturated heterocycles. The molecule has 0 spiro atoms. The monoisotopic (exact) mass is 576 g/mol. The van der Waals surface area contributed by atoms with Crippen molar-refractivity contribution in [2.75, 3.05) is 26.4 Å². The molecule has 3 heterocycles. The van der Waals surface area contributed by atoms with Gasteiger partial charge in [-0.2, -0.15) is 0 Å². The smallest absolute Gasteiger partial charge is 0.446 e. The molecule has 9 nitrogen and oxygen atoms in total. The van der Waals surface area contributed by atoms with Gasteiger partial charge in [-0.05, 0) is 53.4 Å². The Balaban J connectivity index is 1.56. The first-order chi connectivity index (χ1) is 19.8. The Kier molecular flexibility index (Phi) is 14.2. The molecule has 0 bridgehead atoms. The van der Waals surface area contributed by atoms with E-state index in [9.17, 15) is 9.90 Å². The molecule has 0 aliphatic carbocycles. The summed E-state index contributed by atoms with van der Waals surface area (Å²) in [5.41, 5.74) is 4.64. The molecule has 4 atom stereocenters. The minimum Gasteiger partial charge on any atom is -0.446 e. The summed E-state index contributed by atoms with van der Waals surface area (Å²) < 4.78 is 30.5. The van der Waals surface area contributed by atoms with Gasteiger partial charge in [-0.3, -0.25) is 4.68 Å². The fourth-order valence-corrected chi connectivity index (χ4v) is 5.19. The van der Waals surface area contributed by atoms with Gasteiger partial charge < -0.3 is 28.8 Å². The molecule has 4 unspecified atom stereocenters. The van der Waals surface area contributed by atoms with E-state index in [2.05, 4.69) is 46.8 Å². The van der Waals surface area contributed by atoms with Crippen LogP contribution in [0.25, 0.3) is 0 Å². The molecule has 41 heavy (non-hydrogen) atoms. The molecule has 0 amide bonds. The summed E-state index contributed by atoms with van der Waals surface area (Å²) >= 11 is 0. The van der Waals surface area contributed by atoms with Crippen LogP contribution in [0.2, 0.25) is 0 Å². The van der Waals surface area contributed by atoms with Crippen molar-refractivity contribution in [2.24, 2.45) is 0 Å². The van der Waals surface area contributed by atoms with Crippen molar-refractivity contribution in [3.63, 3.8) is 0 Å². The summed E-state index contributed by atoms with van der Waals surface area (Å²) in [6, 6.07) is 0.176. The number of hydrogen-bond acceptors (Lipinski definition) is 8. The van der Waals surface area contributed by atoms with Crippen LogP contribution in [0.3, 0.4) is 0 Å². The van der Waals surface area contributed by atoms with Crippen molar-refractivity contribution in [1.82, 2.24) is 9.78 Å². The van der Waals surface area contributed by atoms with Gasteiger partial charge in [0.2, 0.25) is 12.2 Å². The van der Waals surface area contributed by atoms with Gasteiger partial charge in [-0.1, -0.05) is 62.3 Å². The Morgan fingerprint density at radius 3 is 2.61 bits per heavy atom. The van der Waals surface area contributed by atoms with E-state index in [1.165, 1.54) is 30.4 Å². The highest BCUT2D eigenvalue weighted by Gasteiger charge is 2.33. The van der Waals surface area contributed by atoms with Crippen molar-refractivity contribution in [3.05, 3.63) is 34.6 Å². The maximum atomic E-state index is 12.1. The first-order valence-corrected chi connectivity index (χ1v) is 15.5. The van der Waals surface area contributed by atoms with Gasteiger partial charge in [0, 0.05) is 30.7 Å². The Bertz CT molecular complexity index is 992. The molecule has 0 radical (unpaired) electrons. The van der Waals surface area contributed by atoms with Gasteiger partial charge in [0.25, 0.3) is 0 Å². The SMILES string of the molecule is CCCCCCCCOC(=O)OCC1CC(O)CC(Oc2nn(C3CCOC3)c(C)c2CC/C(C)=C/C=C(C)C)O1. The number of nitrogens with zero attached hydrogens (tertiary/aromatic N) is 2. The lowest BCUT2D eigenvalue weighted by Crippen LogP contribution is -2.41. The number of ether oxygens (including phenoxy) is 5. The number of aliphatic hydroxyl groups excluding tert-OH is 1. The highest BCUT2D eigenvalue weighted by Crippen LogP contribution is 2.32. The lowest BCUT2D eigenvalue weighted by molar-refractivity contribution is -0.187. The highest BCUT2D eigenvalue weighted by molar-refractivity contribution is 5.59.